The van der Waals surface area contributed by atoms with Gasteiger partial charge >= 0.3 is 0 Å². The number of hydrogen-bond donors (Lipinski definition) is 2. The van der Waals surface area contributed by atoms with E-state index in [2.05, 4.69) is 6.08 Å². The van der Waals surface area contributed by atoms with Crippen molar-refractivity contribution in [1.29, 1.82) is 0 Å². The van der Waals surface area contributed by atoms with Crippen LogP contribution in [0.4, 0.5) is 0 Å². The number of rotatable bonds is 3. The summed E-state index contributed by atoms with van der Waals surface area (Å²) in [6, 6.07) is 2.65. The molecule has 30 heavy (non-hydrogen) atoms. The Bertz CT molecular complexity index is 1040. The molecular weight excluding hydrogens is 400 g/mol. The molecule has 0 saturated heterocycles. The molecule has 4 nitrogen and oxygen atoms in total. The van der Waals surface area contributed by atoms with Gasteiger partial charge in [0.15, 0.2) is 16.4 Å². The zero-order valence-corrected chi connectivity index (χ0v) is 19.0. The molecule has 0 radical (unpaired) electrons. The highest BCUT2D eigenvalue weighted by molar-refractivity contribution is 6.53. The van der Waals surface area contributed by atoms with Crippen LogP contribution in [0.25, 0.3) is 0 Å². The first-order chi connectivity index (χ1) is 13.9. The number of phenols is 2. The number of carbonyl (C=O) groups excluding carboxylic acids is 2. The van der Waals surface area contributed by atoms with E-state index >= 15 is 0 Å². The van der Waals surface area contributed by atoms with Gasteiger partial charge in [0.05, 0.1) is 11.0 Å². The lowest BCUT2D eigenvalue weighted by Crippen LogP contribution is -2.54. The molecule has 2 fully saturated rings. The Balaban J connectivity index is 2.03. The van der Waals surface area contributed by atoms with E-state index in [-0.39, 0.29) is 28.8 Å². The number of aromatic hydroxyl groups is 2. The van der Waals surface area contributed by atoms with E-state index in [4.69, 9.17) is 11.6 Å². The number of carbonyl (C=O) groups is 2. The molecule has 3 aliphatic carbocycles. The molecular formula is C25H29ClO4. The van der Waals surface area contributed by atoms with E-state index in [0.717, 1.165) is 12.5 Å². The Morgan fingerprint density at radius 1 is 1.20 bits per heavy atom. The van der Waals surface area contributed by atoms with Crippen LogP contribution < -0.4 is 0 Å². The van der Waals surface area contributed by atoms with Gasteiger partial charge in [-0.05, 0) is 70.9 Å². The van der Waals surface area contributed by atoms with Gasteiger partial charge in [-0.2, -0.15) is 0 Å². The summed E-state index contributed by atoms with van der Waals surface area (Å²) in [6.07, 6.45) is 4.61. The summed E-state index contributed by atoms with van der Waals surface area (Å²) in [6.45, 7) is 10.1. The SMILES string of the molecule is CC(C)=CCC[C@]1(C)[C@H]2CC(=C(C)C)C[C@@]23C(=O)[C@]1(Cl)C(=O)c1c(O)cc(O)cc13. The number of alkyl halides is 1. The minimum absolute atomic E-state index is 0.105. The molecule has 4 atom stereocenters. The van der Waals surface area contributed by atoms with Crippen LogP contribution in [0.1, 0.15) is 76.2 Å². The Kier molecular flexibility index (Phi) is 4.56. The molecule has 2 N–H and O–H groups in total. The third-order valence-corrected chi connectivity index (χ3v) is 8.63. The van der Waals surface area contributed by atoms with Gasteiger partial charge in [0.2, 0.25) is 0 Å². The molecule has 0 heterocycles. The molecule has 0 aliphatic heterocycles. The number of halogens is 1. The van der Waals surface area contributed by atoms with Crippen LogP contribution in [0, 0.1) is 11.3 Å². The fourth-order valence-electron chi connectivity index (χ4n) is 6.30. The van der Waals surface area contributed by atoms with Crippen molar-refractivity contribution < 1.29 is 19.8 Å². The maximum Gasteiger partial charge on any atom is 0.195 e. The van der Waals surface area contributed by atoms with E-state index < -0.39 is 21.5 Å². The summed E-state index contributed by atoms with van der Waals surface area (Å²) in [5, 5.41) is 20.8. The molecule has 0 aromatic heterocycles. The molecule has 0 amide bonds. The van der Waals surface area contributed by atoms with E-state index in [1.54, 1.807) is 0 Å². The summed E-state index contributed by atoms with van der Waals surface area (Å²) in [5.41, 5.74) is 2.33. The predicted molar refractivity (Wildman–Crippen MR) is 117 cm³/mol. The second kappa shape index (κ2) is 6.46. The molecule has 4 rings (SSSR count). The molecule has 1 aromatic carbocycles. The molecule has 1 aromatic rings. The first-order valence-electron chi connectivity index (χ1n) is 10.5. The summed E-state index contributed by atoms with van der Waals surface area (Å²) >= 11 is 7.08. The fourth-order valence-corrected chi connectivity index (χ4v) is 6.79. The number of benzene rings is 1. The normalized spacial score (nSPS) is 34.1. The van der Waals surface area contributed by atoms with Crippen molar-refractivity contribution in [3.63, 3.8) is 0 Å². The lowest BCUT2D eigenvalue weighted by Gasteiger charge is -2.40. The lowest BCUT2D eigenvalue weighted by molar-refractivity contribution is -0.124. The number of phenolic OH excluding ortho intramolecular Hbond substituents is 2. The van der Waals surface area contributed by atoms with E-state index in [9.17, 15) is 19.8 Å². The summed E-state index contributed by atoms with van der Waals surface area (Å²) in [7, 11) is 0. The highest BCUT2D eigenvalue weighted by Gasteiger charge is 2.80. The smallest absolute Gasteiger partial charge is 0.195 e. The van der Waals surface area contributed by atoms with Crippen LogP contribution in [-0.4, -0.2) is 26.7 Å². The largest absolute Gasteiger partial charge is 0.508 e. The van der Waals surface area contributed by atoms with Crippen molar-refractivity contribution in [3.8, 4) is 11.5 Å². The molecule has 160 valence electrons. The third-order valence-electron chi connectivity index (χ3n) is 7.86. The second-order valence-electron chi connectivity index (χ2n) is 9.95. The van der Waals surface area contributed by atoms with Gasteiger partial charge in [0.25, 0.3) is 0 Å². The van der Waals surface area contributed by atoms with Crippen molar-refractivity contribution in [3.05, 3.63) is 46.1 Å². The predicted octanol–water partition coefficient (Wildman–Crippen LogP) is 5.59. The first kappa shape index (κ1) is 21.2. The van der Waals surface area contributed by atoms with Gasteiger partial charge in [0, 0.05) is 11.5 Å². The molecule has 0 unspecified atom stereocenters. The Morgan fingerprint density at radius 3 is 2.47 bits per heavy atom. The van der Waals surface area contributed by atoms with Crippen LogP contribution in [0.5, 0.6) is 11.5 Å². The summed E-state index contributed by atoms with van der Waals surface area (Å²) in [4.78, 5) is 26.0. The number of allylic oxidation sites excluding steroid dienone is 4. The van der Waals surface area contributed by atoms with E-state index in [1.165, 1.54) is 22.8 Å². The van der Waals surface area contributed by atoms with Gasteiger partial charge in [-0.3, -0.25) is 9.59 Å². The minimum Gasteiger partial charge on any atom is -0.508 e. The van der Waals surface area contributed by atoms with E-state index in [0.29, 0.717) is 24.8 Å². The number of fused-ring (bicyclic) bond motifs is 2. The fraction of sp³-hybridized carbons (Fsp3) is 0.520. The van der Waals surface area contributed by atoms with Crippen molar-refractivity contribution in [2.24, 2.45) is 11.3 Å². The van der Waals surface area contributed by atoms with Crippen molar-refractivity contribution >= 4 is 23.2 Å². The summed E-state index contributed by atoms with van der Waals surface area (Å²) in [5.74, 6) is -1.41. The molecule has 2 saturated carbocycles. The maximum absolute atomic E-state index is 14.0. The molecule has 2 bridgehead atoms. The van der Waals surface area contributed by atoms with E-state index in [1.807, 2.05) is 34.6 Å². The van der Waals surface area contributed by atoms with Gasteiger partial charge in [0.1, 0.15) is 11.5 Å². The van der Waals surface area contributed by atoms with Crippen LogP contribution in [0.2, 0.25) is 0 Å². The van der Waals surface area contributed by atoms with Crippen molar-refractivity contribution in [2.45, 2.75) is 70.6 Å². The highest BCUT2D eigenvalue weighted by Crippen LogP contribution is 2.73. The molecule has 3 aliphatic rings. The minimum atomic E-state index is -1.71. The zero-order valence-electron chi connectivity index (χ0n) is 18.2. The van der Waals surface area contributed by atoms with Gasteiger partial charge in [-0.25, -0.2) is 0 Å². The lowest BCUT2D eigenvalue weighted by atomic mass is 9.66. The number of hydrogen-bond acceptors (Lipinski definition) is 4. The van der Waals surface area contributed by atoms with Crippen LogP contribution in [-0.2, 0) is 10.2 Å². The Labute approximate surface area is 182 Å². The quantitative estimate of drug-likeness (QED) is 0.373. The van der Waals surface area contributed by atoms with Crippen molar-refractivity contribution in [1.82, 2.24) is 0 Å². The molecule has 5 heteroatoms. The first-order valence-corrected chi connectivity index (χ1v) is 10.9. The topological polar surface area (TPSA) is 74.6 Å². The maximum atomic E-state index is 14.0. The van der Waals surface area contributed by atoms with Crippen LogP contribution in [0.3, 0.4) is 0 Å². The Morgan fingerprint density at radius 2 is 1.87 bits per heavy atom. The zero-order chi connectivity index (χ0) is 22.2. The van der Waals surface area contributed by atoms with Gasteiger partial charge in [-0.1, -0.05) is 29.7 Å². The average molecular weight is 429 g/mol. The van der Waals surface area contributed by atoms with Crippen molar-refractivity contribution in [2.75, 3.05) is 0 Å². The molecule has 1 spiro atoms. The monoisotopic (exact) mass is 428 g/mol. The van der Waals surface area contributed by atoms with Crippen LogP contribution in [0.15, 0.2) is 34.9 Å². The van der Waals surface area contributed by atoms with Crippen LogP contribution >= 0.6 is 11.6 Å². The van der Waals surface area contributed by atoms with Gasteiger partial charge in [-0.15, -0.1) is 11.6 Å². The number of Topliss-reactive ketones (excluding diaryl/α,β-unsaturated/α-hetero) is 2. The average Bonchev–Trinajstić information content (AvgIpc) is 3.09. The van der Waals surface area contributed by atoms with Gasteiger partial charge < -0.3 is 10.2 Å². The highest BCUT2D eigenvalue weighted by atomic mass is 35.5. The number of ketones is 2. The standard InChI is InChI=1S/C25H29ClO4/c1-13(2)7-6-8-23(5)19-9-15(14(3)4)12-24(19)17-10-16(27)11-18(28)20(17)21(29)25(23,26)22(24)30/h7,10-11,19,27-28H,6,8-9,12H2,1-5H3/t19-,23-,24+,25-/m1/s1. The Hall–Kier alpha value is -2.07. The third kappa shape index (κ3) is 2.34. The summed E-state index contributed by atoms with van der Waals surface area (Å²) < 4.78 is 0. The second-order valence-corrected chi connectivity index (χ2v) is 10.5.